The number of fused-ring (bicyclic) bond motifs is 1. The minimum Gasteiger partial charge on any atom is -0.180 e. The molecular weight excluding hydrogens is 166 g/mol. The first-order chi connectivity index (χ1) is 4.86. The summed E-state index contributed by atoms with van der Waals surface area (Å²) in [6.45, 7) is 0. The van der Waals surface area contributed by atoms with Crippen LogP contribution < -0.4 is 0 Å². The van der Waals surface area contributed by atoms with Crippen molar-refractivity contribution in [2.75, 3.05) is 0 Å². The summed E-state index contributed by atoms with van der Waals surface area (Å²) < 4.78 is 3.99. The molecule has 1 nitrogen and oxygen atoms in total. The molecule has 0 saturated heterocycles. The lowest BCUT2D eigenvalue weighted by molar-refractivity contribution is 1.53. The fourth-order valence-electron chi connectivity index (χ4n) is 0.867. The quantitative estimate of drug-likeness (QED) is 0.591. The molecule has 1 heterocycles. The van der Waals surface area contributed by atoms with E-state index in [-0.39, 0.29) is 0 Å². The molecule has 0 saturated carbocycles. The fourth-order valence-corrected chi connectivity index (χ4v) is 1.70. The fraction of sp³-hybridized carbons (Fsp3) is 0. The molecule has 0 unspecified atom stereocenters. The molecule has 3 heteroatoms. The summed E-state index contributed by atoms with van der Waals surface area (Å²) in [4.78, 5) is 1.18. The lowest BCUT2D eigenvalue weighted by Gasteiger charge is -1.93. The zero-order valence-electron chi connectivity index (χ0n) is 5.04. The van der Waals surface area contributed by atoms with Crippen LogP contribution in [-0.2, 0) is 0 Å². The lowest BCUT2D eigenvalue weighted by Crippen LogP contribution is -1.71. The van der Waals surface area contributed by atoms with Crippen LogP contribution in [0, 0.1) is 0 Å². The average molecular weight is 170 g/mol. The molecule has 0 aromatic heterocycles. The summed E-state index contributed by atoms with van der Waals surface area (Å²) in [6, 6.07) is 7.93. The highest BCUT2D eigenvalue weighted by Crippen LogP contribution is 2.27. The summed E-state index contributed by atoms with van der Waals surface area (Å²) in [5.74, 6) is 0. The molecule has 0 bridgehead atoms. The van der Waals surface area contributed by atoms with Gasteiger partial charge in [-0.15, -0.1) is 0 Å². The molecule has 2 aliphatic rings. The van der Waals surface area contributed by atoms with Crippen LogP contribution in [0.15, 0.2) is 24.3 Å². The van der Waals surface area contributed by atoms with Crippen molar-refractivity contribution in [2.45, 2.75) is 0 Å². The first-order valence-electron chi connectivity index (χ1n) is 2.87. The number of hydrogen-bond donors (Lipinski definition) is 0. The highest BCUT2D eigenvalue weighted by molar-refractivity contribution is 7.09. The van der Waals surface area contributed by atoms with Crippen LogP contribution in [0.4, 0.5) is 0 Å². The zero-order chi connectivity index (χ0) is 6.97. The predicted molar refractivity (Wildman–Crippen MR) is 43.7 cm³/mol. The van der Waals surface area contributed by atoms with Crippen molar-refractivity contribution in [3.8, 4) is 10.4 Å². The third-order valence-corrected chi connectivity index (χ3v) is 2.46. The first kappa shape index (κ1) is 6.13. The van der Waals surface area contributed by atoms with Crippen molar-refractivity contribution < 1.29 is 0 Å². The SMILES string of the molecule is Clc1cc2cccc-2sn1. The second-order valence-corrected chi connectivity index (χ2v) is 3.19. The normalized spacial score (nSPS) is 10.5. The Morgan fingerprint density at radius 1 is 1.40 bits per heavy atom. The zero-order valence-corrected chi connectivity index (χ0v) is 6.62. The number of aromatic nitrogens is 1. The van der Waals surface area contributed by atoms with E-state index in [1.165, 1.54) is 22.0 Å². The van der Waals surface area contributed by atoms with Crippen molar-refractivity contribution in [3.05, 3.63) is 29.4 Å². The molecule has 10 heavy (non-hydrogen) atoms. The van der Waals surface area contributed by atoms with Gasteiger partial charge < -0.3 is 0 Å². The van der Waals surface area contributed by atoms with Crippen LogP contribution in [0.5, 0.6) is 0 Å². The van der Waals surface area contributed by atoms with Gasteiger partial charge in [0, 0.05) is 0 Å². The van der Waals surface area contributed by atoms with E-state index in [4.69, 9.17) is 11.6 Å². The van der Waals surface area contributed by atoms with Gasteiger partial charge in [0.1, 0.15) is 5.15 Å². The van der Waals surface area contributed by atoms with Crippen LogP contribution in [0.25, 0.3) is 10.4 Å². The summed E-state index contributed by atoms with van der Waals surface area (Å²) >= 11 is 7.10. The second kappa shape index (κ2) is 2.22. The third-order valence-electron chi connectivity index (χ3n) is 1.31. The van der Waals surface area contributed by atoms with E-state index in [1.54, 1.807) is 0 Å². The molecule has 0 radical (unpaired) electrons. The highest BCUT2D eigenvalue weighted by atomic mass is 35.5. The lowest BCUT2D eigenvalue weighted by atomic mass is 10.3. The molecular formula is C7H4ClNS. The molecule has 0 atom stereocenters. The Balaban J connectivity index is 2.75. The van der Waals surface area contributed by atoms with E-state index in [0.717, 1.165) is 0 Å². The molecule has 0 fully saturated rings. The molecule has 1 aliphatic carbocycles. The standard InChI is InChI=1S/C7H4ClNS/c8-7-4-5-2-1-3-6(5)10-9-7/h1-4H. The van der Waals surface area contributed by atoms with Gasteiger partial charge in [0.05, 0.1) is 4.88 Å². The Morgan fingerprint density at radius 3 is 3.20 bits per heavy atom. The van der Waals surface area contributed by atoms with Gasteiger partial charge >= 0.3 is 0 Å². The minimum atomic E-state index is 0.573. The van der Waals surface area contributed by atoms with Gasteiger partial charge in [0.15, 0.2) is 0 Å². The summed E-state index contributed by atoms with van der Waals surface area (Å²) in [6.07, 6.45) is 0. The van der Waals surface area contributed by atoms with Gasteiger partial charge in [0.25, 0.3) is 0 Å². The van der Waals surface area contributed by atoms with E-state index >= 15 is 0 Å². The maximum atomic E-state index is 5.67. The Labute approximate surface area is 67.8 Å². The topological polar surface area (TPSA) is 12.9 Å². The number of rotatable bonds is 0. The number of hydrogen-bond acceptors (Lipinski definition) is 2. The van der Waals surface area contributed by atoms with Crippen molar-refractivity contribution in [1.29, 1.82) is 0 Å². The minimum absolute atomic E-state index is 0.573. The maximum absolute atomic E-state index is 5.67. The smallest absolute Gasteiger partial charge is 0.142 e. The number of nitrogens with zero attached hydrogens (tertiary/aromatic N) is 1. The van der Waals surface area contributed by atoms with Gasteiger partial charge in [-0.1, -0.05) is 23.7 Å². The molecule has 0 aromatic rings. The van der Waals surface area contributed by atoms with Gasteiger partial charge in [0.2, 0.25) is 0 Å². The second-order valence-electron chi connectivity index (χ2n) is 2.00. The van der Waals surface area contributed by atoms with E-state index in [2.05, 4.69) is 4.37 Å². The molecule has 2 rings (SSSR count). The average Bonchev–Trinajstić information content (AvgIpc) is 2.33. The monoisotopic (exact) mass is 169 g/mol. The van der Waals surface area contributed by atoms with Crippen LogP contribution >= 0.6 is 23.1 Å². The maximum Gasteiger partial charge on any atom is 0.142 e. The summed E-state index contributed by atoms with van der Waals surface area (Å²) in [5, 5.41) is 0.573. The summed E-state index contributed by atoms with van der Waals surface area (Å²) in [5.41, 5.74) is 1.17. The molecule has 0 amide bonds. The van der Waals surface area contributed by atoms with Crippen LogP contribution in [-0.4, -0.2) is 4.37 Å². The van der Waals surface area contributed by atoms with Crippen LogP contribution in [0.2, 0.25) is 5.15 Å². The van der Waals surface area contributed by atoms with Crippen LogP contribution in [0.3, 0.4) is 0 Å². The van der Waals surface area contributed by atoms with Gasteiger partial charge in [-0.3, -0.25) is 0 Å². The Bertz CT molecular complexity index is 317. The van der Waals surface area contributed by atoms with Gasteiger partial charge in [-0.05, 0) is 29.2 Å². The highest BCUT2D eigenvalue weighted by Gasteiger charge is 2.02. The Kier molecular flexibility index (Phi) is 1.36. The molecule has 0 aromatic carbocycles. The molecule has 0 spiro atoms. The van der Waals surface area contributed by atoms with E-state index < -0.39 is 0 Å². The van der Waals surface area contributed by atoms with Gasteiger partial charge in [-0.2, -0.15) is 4.37 Å². The van der Waals surface area contributed by atoms with Crippen molar-refractivity contribution in [2.24, 2.45) is 0 Å². The van der Waals surface area contributed by atoms with Crippen molar-refractivity contribution >= 4 is 23.1 Å². The van der Waals surface area contributed by atoms with E-state index in [9.17, 15) is 0 Å². The third kappa shape index (κ3) is 0.895. The largest absolute Gasteiger partial charge is 0.180 e. The van der Waals surface area contributed by atoms with Gasteiger partial charge in [-0.25, -0.2) is 0 Å². The molecule has 0 N–H and O–H groups in total. The Morgan fingerprint density at radius 2 is 2.30 bits per heavy atom. The van der Waals surface area contributed by atoms with Crippen molar-refractivity contribution in [1.82, 2.24) is 4.37 Å². The number of halogens is 1. The molecule has 50 valence electrons. The predicted octanol–water partition coefficient (Wildman–Crippen LogP) is 2.90. The van der Waals surface area contributed by atoms with E-state index in [0.29, 0.717) is 5.15 Å². The molecule has 1 aliphatic heterocycles. The Hall–Kier alpha value is -0.600. The van der Waals surface area contributed by atoms with E-state index in [1.807, 2.05) is 24.3 Å². The van der Waals surface area contributed by atoms with Crippen LogP contribution in [0.1, 0.15) is 0 Å². The van der Waals surface area contributed by atoms with Crippen molar-refractivity contribution in [3.63, 3.8) is 0 Å². The summed E-state index contributed by atoms with van der Waals surface area (Å²) in [7, 11) is 0. The first-order valence-corrected chi connectivity index (χ1v) is 4.02.